The highest BCUT2D eigenvalue weighted by atomic mass is 35.5. The quantitative estimate of drug-likeness (QED) is 0.841. The van der Waals surface area contributed by atoms with Crippen LogP contribution in [0.5, 0.6) is 0 Å². The molecule has 0 aliphatic carbocycles. The van der Waals surface area contributed by atoms with Crippen LogP contribution in [0.2, 0.25) is 5.02 Å². The van der Waals surface area contributed by atoms with E-state index in [1.54, 1.807) is 11.3 Å². The van der Waals surface area contributed by atoms with Crippen molar-refractivity contribution in [3.63, 3.8) is 0 Å². The summed E-state index contributed by atoms with van der Waals surface area (Å²) in [5.41, 5.74) is 8.47. The maximum atomic E-state index is 6.08. The molecule has 0 amide bonds. The summed E-state index contributed by atoms with van der Waals surface area (Å²) >= 11 is 12.7. The van der Waals surface area contributed by atoms with Gasteiger partial charge in [-0.25, -0.2) is 0 Å². The minimum Gasteiger partial charge on any atom is -0.389 e. The van der Waals surface area contributed by atoms with E-state index in [1.165, 1.54) is 5.56 Å². The van der Waals surface area contributed by atoms with Crippen LogP contribution in [-0.4, -0.2) is 4.99 Å². The molecule has 3 N–H and O–H groups in total. The minimum absolute atomic E-state index is 0.319. The van der Waals surface area contributed by atoms with Gasteiger partial charge in [0.25, 0.3) is 0 Å². The first kappa shape index (κ1) is 12.4. The summed E-state index contributed by atoms with van der Waals surface area (Å²) in [5, 5.41) is 8.03. The van der Waals surface area contributed by atoms with Gasteiger partial charge < -0.3 is 11.1 Å². The van der Waals surface area contributed by atoms with Gasteiger partial charge >= 0.3 is 0 Å². The highest BCUT2D eigenvalue weighted by Gasteiger charge is 2.04. The molecule has 0 spiro atoms. The van der Waals surface area contributed by atoms with E-state index in [0.717, 1.165) is 12.2 Å². The van der Waals surface area contributed by atoms with E-state index in [0.29, 0.717) is 15.6 Å². The molecule has 2 rings (SSSR count). The lowest BCUT2D eigenvalue weighted by Crippen LogP contribution is -2.10. The lowest BCUT2D eigenvalue weighted by Gasteiger charge is -2.08. The summed E-state index contributed by atoms with van der Waals surface area (Å²) < 4.78 is 0. The standard InChI is InChI=1S/C12H11ClN2S2/c13-11-5-9(1-2-10(11)12(14)16)15-6-8-3-4-17-7-8/h1-5,7,15H,6H2,(H2,14,16). The number of halogens is 1. The summed E-state index contributed by atoms with van der Waals surface area (Å²) in [5.74, 6) is 0. The molecule has 1 aromatic carbocycles. The summed E-state index contributed by atoms with van der Waals surface area (Å²) in [6.07, 6.45) is 0. The van der Waals surface area contributed by atoms with E-state index >= 15 is 0 Å². The zero-order valence-electron chi connectivity index (χ0n) is 8.94. The van der Waals surface area contributed by atoms with Crippen LogP contribution >= 0.6 is 35.2 Å². The molecule has 2 aromatic rings. The largest absolute Gasteiger partial charge is 0.389 e. The topological polar surface area (TPSA) is 38.0 Å². The number of hydrogen-bond donors (Lipinski definition) is 2. The second kappa shape index (κ2) is 5.49. The van der Waals surface area contributed by atoms with Crippen molar-refractivity contribution in [3.8, 4) is 0 Å². The Bertz CT molecular complexity index is 523. The number of rotatable bonds is 4. The fourth-order valence-electron chi connectivity index (χ4n) is 1.42. The molecule has 0 aliphatic rings. The Kier molecular flexibility index (Phi) is 3.99. The molecule has 1 aromatic heterocycles. The van der Waals surface area contributed by atoms with E-state index in [-0.39, 0.29) is 0 Å². The molecule has 0 saturated carbocycles. The molecule has 0 aliphatic heterocycles. The predicted molar refractivity (Wildman–Crippen MR) is 79.0 cm³/mol. The number of anilines is 1. The molecule has 88 valence electrons. The Morgan fingerprint density at radius 1 is 1.41 bits per heavy atom. The van der Waals surface area contributed by atoms with Crippen LogP contribution in [-0.2, 0) is 6.54 Å². The molecular weight excluding hydrogens is 272 g/mol. The Morgan fingerprint density at radius 2 is 2.24 bits per heavy atom. The van der Waals surface area contributed by atoms with Crippen LogP contribution < -0.4 is 11.1 Å². The maximum absolute atomic E-state index is 6.08. The minimum atomic E-state index is 0.319. The van der Waals surface area contributed by atoms with Crippen molar-refractivity contribution in [2.75, 3.05) is 5.32 Å². The molecule has 0 radical (unpaired) electrons. The lowest BCUT2D eigenvalue weighted by molar-refractivity contribution is 1.16. The maximum Gasteiger partial charge on any atom is 0.105 e. The average Bonchev–Trinajstić information content (AvgIpc) is 2.78. The van der Waals surface area contributed by atoms with E-state index in [1.807, 2.05) is 18.2 Å². The van der Waals surface area contributed by atoms with E-state index in [9.17, 15) is 0 Å². The number of benzene rings is 1. The van der Waals surface area contributed by atoms with Gasteiger partial charge in [0.1, 0.15) is 4.99 Å². The van der Waals surface area contributed by atoms with Crippen molar-refractivity contribution in [3.05, 3.63) is 51.2 Å². The number of thiocarbonyl (C=S) groups is 1. The Labute approximate surface area is 114 Å². The van der Waals surface area contributed by atoms with Crippen LogP contribution in [0.15, 0.2) is 35.0 Å². The molecule has 0 unspecified atom stereocenters. The molecule has 0 bridgehead atoms. The normalized spacial score (nSPS) is 10.2. The van der Waals surface area contributed by atoms with Crippen molar-refractivity contribution >= 4 is 45.8 Å². The van der Waals surface area contributed by atoms with Crippen LogP contribution in [0.25, 0.3) is 0 Å². The van der Waals surface area contributed by atoms with Gasteiger partial charge in [0.05, 0.1) is 5.02 Å². The first-order valence-corrected chi connectivity index (χ1v) is 6.74. The van der Waals surface area contributed by atoms with Crippen LogP contribution in [0.3, 0.4) is 0 Å². The fraction of sp³-hybridized carbons (Fsp3) is 0.0833. The van der Waals surface area contributed by atoms with Gasteiger partial charge in [0, 0.05) is 17.8 Å². The van der Waals surface area contributed by atoms with Gasteiger partial charge in [-0.3, -0.25) is 0 Å². The average molecular weight is 283 g/mol. The van der Waals surface area contributed by atoms with Gasteiger partial charge in [-0.05, 0) is 40.6 Å². The molecule has 0 fully saturated rings. The van der Waals surface area contributed by atoms with Crippen molar-refractivity contribution in [2.45, 2.75) is 6.54 Å². The SMILES string of the molecule is NC(=S)c1ccc(NCc2ccsc2)cc1Cl. The highest BCUT2D eigenvalue weighted by molar-refractivity contribution is 7.80. The third-order valence-electron chi connectivity index (χ3n) is 2.31. The summed E-state index contributed by atoms with van der Waals surface area (Å²) in [6, 6.07) is 7.68. The number of nitrogens with one attached hydrogen (secondary N) is 1. The van der Waals surface area contributed by atoms with Crippen molar-refractivity contribution in [2.24, 2.45) is 5.73 Å². The van der Waals surface area contributed by atoms with Crippen LogP contribution in [0, 0.1) is 0 Å². The number of nitrogens with two attached hydrogens (primary N) is 1. The van der Waals surface area contributed by atoms with Gasteiger partial charge in [0.15, 0.2) is 0 Å². The van der Waals surface area contributed by atoms with Crippen LogP contribution in [0.4, 0.5) is 5.69 Å². The Balaban J connectivity index is 2.07. The van der Waals surface area contributed by atoms with Crippen molar-refractivity contribution < 1.29 is 0 Å². The molecular formula is C12H11ClN2S2. The molecule has 0 atom stereocenters. The summed E-state index contributed by atoms with van der Waals surface area (Å²) in [7, 11) is 0. The van der Waals surface area contributed by atoms with Gasteiger partial charge in [-0.2, -0.15) is 11.3 Å². The lowest BCUT2D eigenvalue weighted by atomic mass is 10.2. The Morgan fingerprint density at radius 3 is 2.82 bits per heavy atom. The third-order valence-corrected chi connectivity index (χ3v) is 3.58. The number of hydrogen-bond acceptors (Lipinski definition) is 3. The van der Waals surface area contributed by atoms with Crippen LogP contribution in [0.1, 0.15) is 11.1 Å². The summed E-state index contributed by atoms with van der Waals surface area (Å²) in [6.45, 7) is 0.784. The highest BCUT2D eigenvalue weighted by Crippen LogP contribution is 2.21. The van der Waals surface area contributed by atoms with Crippen molar-refractivity contribution in [1.29, 1.82) is 0 Å². The number of thiophene rings is 1. The zero-order valence-corrected chi connectivity index (χ0v) is 11.3. The fourth-order valence-corrected chi connectivity index (χ4v) is 2.61. The molecule has 17 heavy (non-hydrogen) atoms. The first-order valence-electron chi connectivity index (χ1n) is 5.01. The second-order valence-corrected chi connectivity index (χ2v) is 5.17. The molecule has 1 heterocycles. The monoisotopic (exact) mass is 282 g/mol. The van der Waals surface area contributed by atoms with Gasteiger partial charge in [-0.1, -0.05) is 23.8 Å². The first-order chi connectivity index (χ1) is 8.16. The molecule has 0 saturated heterocycles. The second-order valence-electron chi connectivity index (χ2n) is 3.54. The predicted octanol–water partition coefficient (Wildman–Crippen LogP) is 3.65. The van der Waals surface area contributed by atoms with Gasteiger partial charge in [-0.15, -0.1) is 0 Å². The smallest absolute Gasteiger partial charge is 0.105 e. The van der Waals surface area contributed by atoms with Crippen molar-refractivity contribution in [1.82, 2.24) is 0 Å². The molecule has 2 nitrogen and oxygen atoms in total. The third kappa shape index (κ3) is 3.19. The Hall–Kier alpha value is -1.10. The van der Waals surface area contributed by atoms with E-state index < -0.39 is 0 Å². The molecule has 5 heteroatoms. The summed E-state index contributed by atoms with van der Waals surface area (Å²) in [4.78, 5) is 0.319. The zero-order chi connectivity index (χ0) is 12.3. The van der Waals surface area contributed by atoms with Gasteiger partial charge in [0.2, 0.25) is 0 Å². The van der Waals surface area contributed by atoms with E-state index in [2.05, 4.69) is 22.1 Å². The van der Waals surface area contributed by atoms with E-state index in [4.69, 9.17) is 29.6 Å².